The lowest BCUT2D eigenvalue weighted by Gasteiger charge is -2.32. The predicted octanol–water partition coefficient (Wildman–Crippen LogP) is 4.93. The van der Waals surface area contributed by atoms with Crippen LogP contribution in [0.1, 0.15) is 50.9 Å². The van der Waals surface area contributed by atoms with E-state index < -0.39 is 0 Å². The van der Waals surface area contributed by atoms with E-state index >= 15 is 0 Å². The van der Waals surface area contributed by atoms with Gasteiger partial charge in [-0.25, -0.2) is 4.98 Å². The summed E-state index contributed by atoms with van der Waals surface area (Å²) in [6.45, 7) is 10.5. The number of amides is 1. The number of hydrogen-bond acceptors (Lipinski definition) is 3. The second kappa shape index (κ2) is 8.13. The third-order valence-corrected chi connectivity index (χ3v) is 5.86. The van der Waals surface area contributed by atoms with Crippen molar-refractivity contribution < 1.29 is 9.53 Å². The van der Waals surface area contributed by atoms with Crippen molar-refractivity contribution in [2.45, 2.75) is 58.5 Å². The highest BCUT2D eigenvalue weighted by molar-refractivity contribution is 5.81. The van der Waals surface area contributed by atoms with Crippen molar-refractivity contribution in [1.82, 2.24) is 14.5 Å². The Morgan fingerprint density at radius 2 is 1.83 bits per heavy atom. The number of nitrogens with zero attached hydrogens (tertiary/aromatic N) is 3. The topological polar surface area (TPSA) is 47.4 Å². The van der Waals surface area contributed by atoms with Crippen LogP contribution < -0.4 is 4.74 Å². The Morgan fingerprint density at radius 3 is 2.57 bits per heavy atom. The number of carbonyl (C=O) groups is 1. The average Bonchev–Trinajstić information content (AvgIpc) is 3.27. The van der Waals surface area contributed by atoms with Gasteiger partial charge in [-0.3, -0.25) is 4.79 Å². The summed E-state index contributed by atoms with van der Waals surface area (Å²) in [7, 11) is 0. The number of rotatable bonds is 6. The van der Waals surface area contributed by atoms with E-state index in [0.717, 1.165) is 47.7 Å². The minimum Gasteiger partial charge on any atom is -0.493 e. The number of ether oxygens (including phenoxy) is 1. The maximum Gasteiger partial charge on any atom is 0.223 e. The summed E-state index contributed by atoms with van der Waals surface area (Å²) in [4.78, 5) is 19.6. The maximum absolute atomic E-state index is 12.6. The SMILES string of the molecule is Cc1ccccc1OCCCn1c([C@H]2CC(=O)N(C(C)(C)C)C2)nc2ccccc21. The van der Waals surface area contributed by atoms with E-state index in [2.05, 4.69) is 56.5 Å². The number of aromatic nitrogens is 2. The zero-order chi connectivity index (χ0) is 21.3. The van der Waals surface area contributed by atoms with Crippen LogP contribution in [-0.4, -0.2) is 39.0 Å². The summed E-state index contributed by atoms with van der Waals surface area (Å²) in [5, 5.41) is 0. The Bertz CT molecular complexity index is 1050. The fourth-order valence-corrected chi connectivity index (χ4v) is 4.29. The van der Waals surface area contributed by atoms with Gasteiger partial charge in [-0.15, -0.1) is 0 Å². The molecule has 3 aromatic rings. The number of benzene rings is 2. The average molecular weight is 406 g/mol. The van der Waals surface area contributed by atoms with Crippen molar-refractivity contribution >= 4 is 16.9 Å². The Kier molecular flexibility index (Phi) is 5.54. The molecule has 0 radical (unpaired) electrons. The lowest BCUT2D eigenvalue weighted by atomic mass is 10.1. The lowest BCUT2D eigenvalue weighted by Crippen LogP contribution is -2.42. The minimum absolute atomic E-state index is 0.126. The summed E-state index contributed by atoms with van der Waals surface area (Å²) in [6, 6.07) is 16.3. The van der Waals surface area contributed by atoms with Crippen LogP contribution >= 0.6 is 0 Å². The highest BCUT2D eigenvalue weighted by Crippen LogP contribution is 2.34. The molecule has 5 heteroatoms. The van der Waals surface area contributed by atoms with E-state index in [1.165, 1.54) is 0 Å². The molecular weight excluding hydrogens is 374 g/mol. The fourth-order valence-electron chi connectivity index (χ4n) is 4.29. The van der Waals surface area contributed by atoms with Gasteiger partial charge < -0.3 is 14.2 Å². The minimum atomic E-state index is -0.163. The second-order valence-electron chi connectivity index (χ2n) is 9.15. The van der Waals surface area contributed by atoms with E-state index in [0.29, 0.717) is 13.0 Å². The second-order valence-corrected chi connectivity index (χ2v) is 9.15. The third kappa shape index (κ3) is 4.07. The normalized spacial score (nSPS) is 17.1. The standard InChI is InChI=1S/C25H31N3O2/c1-18-10-5-8-13-22(18)30-15-9-14-27-21-12-7-6-11-20(21)26-24(27)19-16-23(29)28(17-19)25(2,3)4/h5-8,10-13,19H,9,14-17H2,1-4H3/t19-/m0/s1. The first-order valence-corrected chi connectivity index (χ1v) is 10.8. The fraction of sp³-hybridized carbons (Fsp3) is 0.440. The van der Waals surface area contributed by atoms with Gasteiger partial charge in [-0.05, 0) is 57.9 Å². The van der Waals surface area contributed by atoms with Crippen molar-refractivity contribution in [3.8, 4) is 5.75 Å². The first-order valence-electron chi connectivity index (χ1n) is 10.8. The van der Waals surface area contributed by atoms with Crippen molar-refractivity contribution in [1.29, 1.82) is 0 Å². The van der Waals surface area contributed by atoms with Crippen LogP contribution in [0.5, 0.6) is 5.75 Å². The third-order valence-electron chi connectivity index (χ3n) is 5.86. The number of carbonyl (C=O) groups excluding carboxylic acids is 1. The van der Waals surface area contributed by atoms with Gasteiger partial charge in [0.25, 0.3) is 0 Å². The zero-order valence-electron chi connectivity index (χ0n) is 18.4. The number of fused-ring (bicyclic) bond motifs is 1. The van der Waals surface area contributed by atoms with Crippen molar-refractivity contribution in [3.63, 3.8) is 0 Å². The molecule has 1 amide bonds. The van der Waals surface area contributed by atoms with Crippen molar-refractivity contribution in [2.75, 3.05) is 13.2 Å². The summed E-state index contributed by atoms with van der Waals surface area (Å²) < 4.78 is 8.29. The lowest BCUT2D eigenvalue weighted by molar-refractivity contribution is -0.131. The molecular formula is C25H31N3O2. The predicted molar refractivity (Wildman–Crippen MR) is 120 cm³/mol. The maximum atomic E-state index is 12.6. The molecule has 1 atom stereocenters. The number of para-hydroxylation sites is 3. The molecule has 0 aliphatic carbocycles. The van der Waals surface area contributed by atoms with Crippen LogP contribution in [0, 0.1) is 6.92 Å². The molecule has 158 valence electrons. The molecule has 1 aliphatic heterocycles. The summed E-state index contributed by atoms with van der Waals surface area (Å²) in [5.41, 5.74) is 3.11. The molecule has 2 aromatic carbocycles. The Labute approximate surface area is 178 Å². The molecule has 1 saturated heterocycles. The Hall–Kier alpha value is -2.82. The van der Waals surface area contributed by atoms with Crippen molar-refractivity contribution in [3.05, 3.63) is 59.9 Å². The van der Waals surface area contributed by atoms with Gasteiger partial charge in [0, 0.05) is 31.0 Å². The van der Waals surface area contributed by atoms with Gasteiger partial charge in [0.1, 0.15) is 11.6 Å². The zero-order valence-corrected chi connectivity index (χ0v) is 18.4. The van der Waals surface area contributed by atoms with E-state index in [-0.39, 0.29) is 17.4 Å². The summed E-state index contributed by atoms with van der Waals surface area (Å²) in [5.74, 6) is 2.30. The van der Waals surface area contributed by atoms with E-state index in [9.17, 15) is 4.79 Å². The van der Waals surface area contributed by atoms with Gasteiger partial charge in [-0.1, -0.05) is 30.3 Å². The van der Waals surface area contributed by atoms with Crippen LogP contribution in [0.3, 0.4) is 0 Å². The van der Waals surface area contributed by atoms with Gasteiger partial charge in [0.05, 0.1) is 17.6 Å². The smallest absolute Gasteiger partial charge is 0.223 e. The highest BCUT2D eigenvalue weighted by Gasteiger charge is 2.38. The number of imidazole rings is 1. The largest absolute Gasteiger partial charge is 0.493 e. The molecule has 2 heterocycles. The molecule has 30 heavy (non-hydrogen) atoms. The molecule has 1 aliphatic rings. The van der Waals surface area contributed by atoms with E-state index in [1.807, 2.05) is 29.2 Å². The molecule has 0 saturated carbocycles. The Balaban J connectivity index is 1.52. The molecule has 0 spiro atoms. The van der Waals surface area contributed by atoms with Crippen LogP contribution in [-0.2, 0) is 11.3 Å². The quantitative estimate of drug-likeness (QED) is 0.547. The number of aryl methyl sites for hydroxylation is 2. The molecule has 0 unspecified atom stereocenters. The number of hydrogen-bond donors (Lipinski definition) is 0. The Morgan fingerprint density at radius 1 is 1.10 bits per heavy atom. The van der Waals surface area contributed by atoms with Gasteiger partial charge in [0.15, 0.2) is 0 Å². The molecule has 1 fully saturated rings. The van der Waals surface area contributed by atoms with Gasteiger partial charge in [-0.2, -0.15) is 0 Å². The van der Waals surface area contributed by atoms with Crippen LogP contribution in [0.25, 0.3) is 11.0 Å². The van der Waals surface area contributed by atoms with Gasteiger partial charge in [0.2, 0.25) is 5.91 Å². The monoisotopic (exact) mass is 405 g/mol. The first kappa shape index (κ1) is 20.5. The highest BCUT2D eigenvalue weighted by atomic mass is 16.5. The summed E-state index contributed by atoms with van der Waals surface area (Å²) >= 11 is 0. The molecule has 5 nitrogen and oxygen atoms in total. The van der Waals surface area contributed by atoms with Crippen LogP contribution in [0.2, 0.25) is 0 Å². The first-order chi connectivity index (χ1) is 14.3. The van der Waals surface area contributed by atoms with Crippen LogP contribution in [0.4, 0.5) is 0 Å². The van der Waals surface area contributed by atoms with E-state index in [1.54, 1.807) is 0 Å². The van der Waals surface area contributed by atoms with E-state index in [4.69, 9.17) is 9.72 Å². The molecule has 1 aromatic heterocycles. The van der Waals surface area contributed by atoms with Crippen molar-refractivity contribution in [2.24, 2.45) is 0 Å². The molecule has 4 rings (SSSR count). The molecule has 0 N–H and O–H groups in total. The van der Waals surface area contributed by atoms with Crippen LogP contribution in [0.15, 0.2) is 48.5 Å². The molecule has 0 bridgehead atoms. The summed E-state index contributed by atoms with van der Waals surface area (Å²) in [6.07, 6.45) is 1.41. The van der Waals surface area contributed by atoms with Gasteiger partial charge >= 0.3 is 0 Å². The number of likely N-dealkylation sites (tertiary alicyclic amines) is 1.